The molecule has 1 amide bonds. The summed E-state index contributed by atoms with van der Waals surface area (Å²) >= 11 is 6.17. The van der Waals surface area contributed by atoms with Crippen molar-refractivity contribution in [2.24, 2.45) is 0 Å². The van der Waals surface area contributed by atoms with Crippen LogP contribution < -0.4 is 15.0 Å². The van der Waals surface area contributed by atoms with Crippen LogP contribution in [0.15, 0.2) is 35.2 Å². The summed E-state index contributed by atoms with van der Waals surface area (Å²) in [6.07, 6.45) is 3.21. The third kappa shape index (κ3) is 4.97. The number of hydrogen-bond acceptors (Lipinski definition) is 5. The van der Waals surface area contributed by atoms with E-state index in [1.54, 1.807) is 24.3 Å². The van der Waals surface area contributed by atoms with Gasteiger partial charge in [-0.2, -0.15) is 0 Å². The summed E-state index contributed by atoms with van der Waals surface area (Å²) in [4.78, 5) is 15.6. The molecule has 3 rings (SSSR count). The lowest BCUT2D eigenvalue weighted by molar-refractivity contribution is 0.102. The number of aryl methyl sites for hydroxylation is 1. The second-order valence-corrected chi connectivity index (χ2v) is 10.3. The SMILES string of the molecule is COc1cc(Cl)c(C)cc1NC(=O)c1cc(S(=O)(=O)N(C)C)ccc1N1CCCCC1. The van der Waals surface area contributed by atoms with E-state index < -0.39 is 15.9 Å². The molecule has 0 unspecified atom stereocenters. The molecule has 2 aromatic carbocycles. The molecule has 1 saturated heterocycles. The van der Waals surface area contributed by atoms with E-state index in [4.69, 9.17) is 16.3 Å². The van der Waals surface area contributed by atoms with Gasteiger partial charge in [-0.05, 0) is 56.0 Å². The van der Waals surface area contributed by atoms with Gasteiger partial charge in [-0.25, -0.2) is 12.7 Å². The highest BCUT2D eigenvalue weighted by molar-refractivity contribution is 7.89. The maximum Gasteiger partial charge on any atom is 0.257 e. The average molecular weight is 466 g/mol. The Morgan fingerprint density at radius 3 is 2.42 bits per heavy atom. The first-order valence-corrected chi connectivity index (χ1v) is 11.9. The molecular formula is C22H28ClN3O4S. The molecule has 1 aliphatic heterocycles. The summed E-state index contributed by atoms with van der Waals surface area (Å²) in [6.45, 7) is 3.48. The van der Waals surface area contributed by atoms with Crippen molar-refractivity contribution in [1.82, 2.24) is 4.31 Å². The highest BCUT2D eigenvalue weighted by Gasteiger charge is 2.25. The Kier molecular flexibility index (Phi) is 7.13. The number of nitrogens with one attached hydrogen (secondary N) is 1. The van der Waals surface area contributed by atoms with Crippen molar-refractivity contribution in [2.45, 2.75) is 31.1 Å². The van der Waals surface area contributed by atoms with Crippen molar-refractivity contribution in [3.8, 4) is 5.75 Å². The zero-order valence-corrected chi connectivity index (χ0v) is 19.8. The molecule has 31 heavy (non-hydrogen) atoms. The van der Waals surface area contributed by atoms with Crippen molar-refractivity contribution in [3.05, 3.63) is 46.5 Å². The number of rotatable bonds is 6. The molecule has 1 aliphatic rings. The maximum atomic E-state index is 13.4. The number of amides is 1. The van der Waals surface area contributed by atoms with Gasteiger partial charge >= 0.3 is 0 Å². The van der Waals surface area contributed by atoms with Gasteiger partial charge in [-0.3, -0.25) is 4.79 Å². The molecule has 1 N–H and O–H groups in total. The number of halogens is 1. The van der Waals surface area contributed by atoms with Crippen molar-refractivity contribution in [2.75, 3.05) is 44.5 Å². The first-order valence-electron chi connectivity index (χ1n) is 10.1. The predicted molar refractivity (Wildman–Crippen MR) is 124 cm³/mol. The Morgan fingerprint density at radius 1 is 1.13 bits per heavy atom. The number of carbonyl (C=O) groups excluding carboxylic acids is 1. The molecule has 0 aromatic heterocycles. The summed E-state index contributed by atoms with van der Waals surface area (Å²) in [6, 6.07) is 8.11. The van der Waals surface area contributed by atoms with Crippen LogP contribution in [0.1, 0.15) is 35.2 Å². The molecule has 1 heterocycles. The van der Waals surface area contributed by atoms with E-state index in [1.807, 2.05) is 6.92 Å². The Balaban J connectivity index is 2.06. The number of anilines is 2. The summed E-state index contributed by atoms with van der Waals surface area (Å²) in [5, 5.41) is 3.41. The van der Waals surface area contributed by atoms with E-state index in [1.165, 1.54) is 27.3 Å². The molecule has 1 fully saturated rings. The minimum Gasteiger partial charge on any atom is -0.495 e. The molecule has 0 atom stereocenters. The van der Waals surface area contributed by atoms with Crippen molar-refractivity contribution in [3.63, 3.8) is 0 Å². The zero-order valence-electron chi connectivity index (χ0n) is 18.2. The molecule has 7 nitrogen and oxygen atoms in total. The van der Waals surface area contributed by atoms with Gasteiger partial charge in [0.25, 0.3) is 5.91 Å². The lowest BCUT2D eigenvalue weighted by Crippen LogP contribution is -2.32. The molecule has 9 heteroatoms. The van der Waals surface area contributed by atoms with Crippen LogP contribution in [0, 0.1) is 6.92 Å². The molecule has 168 valence electrons. The van der Waals surface area contributed by atoms with E-state index in [0.29, 0.717) is 22.0 Å². The molecule has 0 saturated carbocycles. The van der Waals surface area contributed by atoms with Gasteiger partial charge < -0.3 is 15.0 Å². The van der Waals surface area contributed by atoms with Crippen LogP contribution in [0.5, 0.6) is 5.75 Å². The fourth-order valence-corrected chi connectivity index (χ4v) is 4.68. The lowest BCUT2D eigenvalue weighted by atomic mass is 10.1. The van der Waals surface area contributed by atoms with Crippen molar-refractivity contribution >= 4 is 38.9 Å². The number of nitrogens with zero attached hydrogens (tertiary/aromatic N) is 2. The van der Waals surface area contributed by atoms with Gasteiger partial charge in [0, 0.05) is 44.0 Å². The largest absolute Gasteiger partial charge is 0.495 e. The van der Waals surface area contributed by atoms with Crippen LogP contribution in [0.25, 0.3) is 0 Å². The van der Waals surface area contributed by atoms with Crippen molar-refractivity contribution in [1.29, 1.82) is 0 Å². The highest BCUT2D eigenvalue weighted by Crippen LogP contribution is 2.33. The van der Waals surface area contributed by atoms with E-state index in [-0.39, 0.29) is 4.90 Å². The van der Waals surface area contributed by atoms with Crippen LogP contribution in [0.4, 0.5) is 11.4 Å². The number of piperidine rings is 1. The van der Waals surface area contributed by atoms with E-state index >= 15 is 0 Å². The standard InChI is InChI=1S/C22H28ClN3O4S/c1-15-12-19(21(30-4)14-18(15)23)24-22(27)17-13-16(31(28,29)25(2)3)8-9-20(17)26-10-6-5-7-11-26/h8-9,12-14H,5-7,10-11H2,1-4H3,(H,24,27). The Morgan fingerprint density at radius 2 is 1.81 bits per heavy atom. The maximum absolute atomic E-state index is 13.4. The fraction of sp³-hybridized carbons (Fsp3) is 0.409. The van der Waals surface area contributed by atoms with Crippen LogP contribution in [0.2, 0.25) is 5.02 Å². The molecule has 0 bridgehead atoms. The summed E-state index contributed by atoms with van der Waals surface area (Å²) in [5.41, 5.74) is 2.29. The second kappa shape index (κ2) is 9.46. The minimum absolute atomic E-state index is 0.0719. The Labute approximate surface area is 189 Å². The van der Waals surface area contributed by atoms with Gasteiger partial charge in [0.15, 0.2) is 0 Å². The summed E-state index contributed by atoms with van der Waals surface area (Å²) in [7, 11) is 0.749. The topological polar surface area (TPSA) is 78.9 Å². The zero-order chi connectivity index (χ0) is 22.8. The first kappa shape index (κ1) is 23.4. The van der Waals surface area contributed by atoms with Crippen LogP contribution in [-0.4, -0.2) is 52.9 Å². The lowest BCUT2D eigenvalue weighted by Gasteiger charge is -2.30. The van der Waals surface area contributed by atoms with Gasteiger partial charge in [0.1, 0.15) is 5.75 Å². The van der Waals surface area contributed by atoms with Crippen LogP contribution in [0.3, 0.4) is 0 Å². The van der Waals surface area contributed by atoms with Crippen molar-refractivity contribution < 1.29 is 17.9 Å². The summed E-state index contributed by atoms with van der Waals surface area (Å²) < 4.78 is 31.9. The summed E-state index contributed by atoms with van der Waals surface area (Å²) in [5.74, 6) is 0.0249. The van der Waals surface area contributed by atoms with E-state index in [0.717, 1.165) is 47.9 Å². The average Bonchev–Trinajstić information content (AvgIpc) is 2.76. The smallest absolute Gasteiger partial charge is 0.257 e. The third-order valence-electron chi connectivity index (χ3n) is 5.42. The second-order valence-electron chi connectivity index (χ2n) is 7.77. The third-order valence-corrected chi connectivity index (χ3v) is 7.64. The van der Waals surface area contributed by atoms with Crippen LogP contribution >= 0.6 is 11.6 Å². The molecule has 0 radical (unpaired) electrons. The number of ether oxygens (including phenoxy) is 1. The Hall–Kier alpha value is -2.29. The molecular weight excluding hydrogens is 438 g/mol. The van der Waals surface area contributed by atoms with Gasteiger partial charge in [-0.15, -0.1) is 0 Å². The monoisotopic (exact) mass is 465 g/mol. The minimum atomic E-state index is -3.69. The Bertz CT molecular complexity index is 1080. The molecule has 0 aliphatic carbocycles. The number of benzene rings is 2. The number of hydrogen-bond donors (Lipinski definition) is 1. The number of carbonyl (C=O) groups is 1. The first-order chi connectivity index (χ1) is 14.6. The molecule has 0 spiro atoms. The van der Waals surface area contributed by atoms with Gasteiger partial charge in [0.2, 0.25) is 10.0 Å². The molecule has 2 aromatic rings. The normalized spacial score (nSPS) is 14.6. The van der Waals surface area contributed by atoms with E-state index in [2.05, 4.69) is 10.2 Å². The van der Waals surface area contributed by atoms with Crippen LogP contribution in [-0.2, 0) is 10.0 Å². The fourth-order valence-electron chi connectivity index (χ4n) is 3.60. The van der Waals surface area contributed by atoms with Gasteiger partial charge in [-0.1, -0.05) is 11.6 Å². The van der Waals surface area contributed by atoms with Gasteiger partial charge in [0.05, 0.1) is 23.3 Å². The number of sulfonamides is 1. The van der Waals surface area contributed by atoms with E-state index in [9.17, 15) is 13.2 Å². The number of methoxy groups -OCH3 is 1. The highest BCUT2D eigenvalue weighted by atomic mass is 35.5. The quantitative estimate of drug-likeness (QED) is 0.693. The predicted octanol–water partition coefficient (Wildman–Crippen LogP) is 4.15.